The van der Waals surface area contributed by atoms with Crippen LogP contribution < -0.4 is 5.32 Å². The van der Waals surface area contributed by atoms with E-state index in [1.54, 1.807) is 6.92 Å². The summed E-state index contributed by atoms with van der Waals surface area (Å²) in [5, 5.41) is 2.62. The molecule has 1 aliphatic rings. The van der Waals surface area contributed by atoms with Crippen molar-refractivity contribution in [1.29, 1.82) is 0 Å². The smallest absolute Gasteiger partial charge is 0.347 e. The van der Waals surface area contributed by atoms with Gasteiger partial charge >= 0.3 is 6.18 Å². The van der Waals surface area contributed by atoms with Crippen LogP contribution in [0.25, 0.3) is 0 Å². The molecule has 0 unspecified atom stereocenters. The molecule has 98 valence electrons. The molecule has 2 rings (SSSR count). The molecule has 1 saturated carbocycles. The average molecular weight is 261 g/mol. The molecule has 0 spiro atoms. The molecule has 6 heteroatoms. The molecule has 0 saturated heterocycles. The monoisotopic (exact) mass is 261 g/mol. The second kappa shape index (κ2) is 3.96. The van der Waals surface area contributed by atoms with Crippen LogP contribution >= 0.6 is 0 Å². The van der Waals surface area contributed by atoms with E-state index in [4.69, 9.17) is 0 Å². The van der Waals surface area contributed by atoms with Crippen molar-refractivity contribution in [3.8, 4) is 0 Å². The predicted octanol–water partition coefficient (Wildman–Crippen LogP) is 3.13. The van der Waals surface area contributed by atoms with Gasteiger partial charge in [0.2, 0.25) is 0 Å². The highest BCUT2D eigenvalue weighted by atomic mass is 19.4. The number of benzene rings is 1. The lowest BCUT2D eigenvalue weighted by Crippen LogP contribution is -2.34. The van der Waals surface area contributed by atoms with Crippen LogP contribution in [0.15, 0.2) is 18.2 Å². The summed E-state index contributed by atoms with van der Waals surface area (Å²) in [6.45, 7) is 1.80. The summed E-state index contributed by atoms with van der Waals surface area (Å²) >= 11 is 0. The van der Waals surface area contributed by atoms with E-state index in [9.17, 15) is 22.4 Å². The molecule has 1 amide bonds. The van der Waals surface area contributed by atoms with E-state index in [0.29, 0.717) is 12.1 Å². The zero-order valence-corrected chi connectivity index (χ0v) is 9.57. The second-order valence-electron chi connectivity index (χ2n) is 4.71. The van der Waals surface area contributed by atoms with Crippen molar-refractivity contribution in [1.82, 2.24) is 5.32 Å². The van der Waals surface area contributed by atoms with Crippen LogP contribution in [0, 0.1) is 5.82 Å². The standard InChI is InChI=1S/C12H11F4NO/c1-11(4-5-11)17-10(18)7-2-3-9(13)8(6-7)12(14,15)16/h2-3,6H,4-5H2,1H3,(H,17,18). The number of hydrogen-bond donors (Lipinski definition) is 1. The highest BCUT2D eigenvalue weighted by Gasteiger charge is 2.39. The molecule has 1 aliphatic carbocycles. The fourth-order valence-electron chi connectivity index (χ4n) is 1.54. The normalized spacial score (nSPS) is 17.4. The van der Waals surface area contributed by atoms with Crippen molar-refractivity contribution in [3.63, 3.8) is 0 Å². The summed E-state index contributed by atoms with van der Waals surface area (Å²) in [7, 11) is 0. The molecule has 2 nitrogen and oxygen atoms in total. The molecule has 18 heavy (non-hydrogen) atoms. The number of carbonyl (C=O) groups excluding carboxylic acids is 1. The quantitative estimate of drug-likeness (QED) is 0.814. The maximum atomic E-state index is 13.0. The molecule has 0 aromatic heterocycles. The zero-order chi connectivity index (χ0) is 13.6. The van der Waals surface area contributed by atoms with Gasteiger partial charge < -0.3 is 5.32 Å². The number of rotatable bonds is 2. The van der Waals surface area contributed by atoms with Crippen molar-refractivity contribution < 1.29 is 22.4 Å². The third-order valence-corrected chi connectivity index (χ3v) is 2.95. The van der Waals surface area contributed by atoms with E-state index in [0.717, 1.165) is 18.9 Å². The van der Waals surface area contributed by atoms with Crippen molar-refractivity contribution in [3.05, 3.63) is 35.1 Å². The Morgan fingerprint density at radius 3 is 2.44 bits per heavy atom. The molecule has 0 radical (unpaired) electrons. The maximum Gasteiger partial charge on any atom is 0.419 e. The summed E-state index contributed by atoms with van der Waals surface area (Å²) in [4.78, 5) is 11.7. The molecule has 1 aromatic rings. The SMILES string of the molecule is CC1(NC(=O)c2ccc(F)c(C(F)(F)F)c2)CC1. The van der Waals surface area contributed by atoms with Gasteiger partial charge in [-0.05, 0) is 38.0 Å². The molecule has 0 aliphatic heterocycles. The van der Waals surface area contributed by atoms with Gasteiger partial charge in [-0.3, -0.25) is 4.79 Å². The van der Waals surface area contributed by atoms with Gasteiger partial charge in [-0.2, -0.15) is 13.2 Å². The third-order valence-electron chi connectivity index (χ3n) is 2.95. The Balaban J connectivity index is 2.26. The number of alkyl halides is 3. The number of halogens is 4. The van der Waals surface area contributed by atoms with Gasteiger partial charge in [0.05, 0.1) is 5.56 Å². The van der Waals surface area contributed by atoms with E-state index in [2.05, 4.69) is 5.32 Å². The molecule has 1 N–H and O–H groups in total. The Hall–Kier alpha value is -1.59. The summed E-state index contributed by atoms with van der Waals surface area (Å²) in [6, 6.07) is 2.25. The Morgan fingerprint density at radius 1 is 1.33 bits per heavy atom. The van der Waals surface area contributed by atoms with Gasteiger partial charge in [0.25, 0.3) is 5.91 Å². The number of hydrogen-bond acceptors (Lipinski definition) is 1. The first-order valence-electron chi connectivity index (χ1n) is 5.41. The Kier molecular flexibility index (Phi) is 2.83. The first-order chi connectivity index (χ1) is 8.21. The van der Waals surface area contributed by atoms with Crippen LogP contribution in [0.4, 0.5) is 17.6 Å². The lowest BCUT2D eigenvalue weighted by Gasteiger charge is -2.13. The number of amides is 1. The summed E-state index contributed by atoms with van der Waals surface area (Å²) in [5.74, 6) is -1.99. The minimum Gasteiger partial charge on any atom is -0.347 e. The second-order valence-corrected chi connectivity index (χ2v) is 4.71. The van der Waals surface area contributed by atoms with Crippen molar-refractivity contribution >= 4 is 5.91 Å². The van der Waals surface area contributed by atoms with Gasteiger partial charge in [0.1, 0.15) is 5.82 Å². The molecule has 1 fully saturated rings. The summed E-state index contributed by atoms with van der Waals surface area (Å²) < 4.78 is 50.4. The predicted molar refractivity (Wildman–Crippen MR) is 56.5 cm³/mol. The van der Waals surface area contributed by atoms with Gasteiger partial charge in [-0.25, -0.2) is 4.39 Å². The zero-order valence-electron chi connectivity index (χ0n) is 9.57. The largest absolute Gasteiger partial charge is 0.419 e. The third kappa shape index (κ3) is 2.63. The van der Waals surface area contributed by atoms with Crippen LogP contribution in [0.2, 0.25) is 0 Å². The van der Waals surface area contributed by atoms with Gasteiger partial charge in [0.15, 0.2) is 0 Å². The maximum absolute atomic E-state index is 13.0. The van der Waals surface area contributed by atoms with Crippen molar-refractivity contribution in [2.75, 3.05) is 0 Å². The van der Waals surface area contributed by atoms with E-state index < -0.39 is 23.5 Å². The lowest BCUT2D eigenvalue weighted by atomic mass is 10.1. The number of carbonyl (C=O) groups is 1. The number of nitrogens with one attached hydrogen (secondary N) is 1. The first-order valence-corrected chi connectivity index (χ1v) is 5.41. The van der Waals surface area contributed by atoms with E-state index in [1.165, 1.54) is 0 Å². The fourth-order valence-corrected chi connectivity index (χ4v) is 1.54. The lowest BCUT2D eigenvalue weighted by molar-refractivity contribution is -0.140. The fraction of sp³-hybridized carbons (Fsp3) is 0.417. The highest BCUT2D eigenvalue weighted by Crippen LogP contribution is 2.35. The average Bonchev–Trinajstić information content (AvgIpc) is 2.94. The van der Waals surface area contributed by atoms with Crippen LogP contribution in [0.1, 0.15) is 35.7 Å². The van der Waals surface area contributed by atoms with Crippen LogP contribution in [0.3, 0.4) is 0 Å². The molecule has 0 heterocycles. The summed E-state index contributed by atoms with van der Waals surface area (Å²) in [6.07, 6.45) is -3.21. The summed E-state index contributed by atoms with van der Waals surface area (Å²) in [5.41, 5.74) is -1.93. The first kappa shape index (κ1) is 12.9. The van der Waals surface area contributed by atoms with Crippen molar-refractivity contribution in [2.24, 2.45) is 0 Å². The molecule has 1 aromatic carbocycles. The Labute approximate surface area is 101 Å². The van der Waals surface area contributed by atoms with E-state index in [1.807, 2.05) is 0 Å². The van der Waals surface area contributed by atoms with Gasteiger partial charge in [-0.1, -0.05) is 0 Å². The van der Waals surface area contributed by atoms with Crippen LogP contribution in [-0.2, 0) is 6.18 Å². The van der Waals surface area contributed by atoms with E-state index in [-0.39, 0.29) is 11.1 Å². The van der Waals surface area contributed by atoms with E-state index >= 15 is 0 Å². The van der Waals surface area contributed by atoms with Crippen molar-refractivity contribution in [2.45, 2.75) is 31.5 Å². The highest BCUT2D eigenvalue weighted by molar-refractivity contribution is 5.95. The molecular weight excluding hydrogens is 250 g/mol. The molecule has 0 atom stereocenters. The minimum atomic E-state index is -4.80. The Morgan fingerprint density at radius 2 is 1.94 bits per heavy atom. The minimum absolute atomic E-state index is 0.183. The topological polar surface area (TPSA) is 29.1 Å². The van der Waals surface area contributed by atoms with Crippen LogP contribution in [-0.4, -0.2) is 11.4 Å². The molecular formula is C12H11F4NO. The molecule has 0 bridgehead atoms. The van der Waals surface area contributed by atoms with Crippen LogP contribution in [0.5, 0.6) is 0 Å². The van der Waals surface area contributed by atoms with Gasteiger partial charge in [-0.15, -0.1) is 0 Å². The van der Waals surface area contributed by atoms with Gasteiger partial charge in [0, 0.05) is 11.1 Å². The Bertz CT molecular complexity index is 491.